The Morgan fingerprint density at radius 2 is 2.30 bits per heavy atom. The zero-order chi connectivity index (χ0) is 14.3. The van der Waals surface area contributed by atoms with E-state index in [2.05, 4.69) is 32.9 Å². The van der Waals surface area contributed by atoms with Gasteiger partial charge in [-0.25, -0.2) is 4.39 Å². The number of H-pyrrole nitrogens is 1. The SMILES string of the molecule is CC(Cn1cccn1)n1c(=S)[nH]c2cc(F)c(Br)cc21. The van der Waals surface area contributed by atoms with Gasteiger partial charge in [0.25, 0.3) is 0 Å². The van der Waals surface area contributed by atoms with Gasteiger partial charge in [-0.2, -0.15) is 5.10 Å². The predicted molar refractivity (Wildman–Crippen MR) is 81.7 cm³/mol. The summed E-state index contributed by atoms with van der Waals surface area (Å²) in [6, 6.07) is 5.18. The van der Waals surface area contributed by atoms with Crippen molar-refractivity contribution >= 4 is 39.2 Å². The van der Waals surface area contributed by atoms with E-state index in [4.69, 9.17) is 12.2 Å². The van der Waals surface area contributed by atoms with Crippen LogP contribution in [0.4, 0.5) is 4.39 Å². The van der Waals surface area contributed by atoms with Crippen molar-refractivity contribution in [3.05, 3.63) is 45.7 Å². The zero-order valence-corrected chi connectivity index (χ0v) is 13.1. The van der Waals surface area contributed by atoms with Crippen molar-refractivity contribution in [2.24, 2.45) is 0 Å². The normalized spacial score (nSPS) is 12.9. The van der Waals surface area contributed by atoms with E-state index in [0.29, 0.717) is 21.3 Å². The van der Waals surface area contributed by atoms with Gasteiger partial charge in [-0.1, -0.05) is 0 Å². The van der Waals surface area contributed by atoms with Gasteiger partial charge in [-0.3, -0.25) is 4.68 Å². The van der Waals surface area contributed by atoms with Crippen LogP contribution in [0.2, 0.25) is 0 Å². The lowest BCUT2D eigenvalue weighted by molar-refractivity contribution is 0.442. The smallest absolute Gasteiger partial charge is 0.178 e. The van der Waals surface area contributed by atoms with Crippen LogP contribution in [-0.2, 0) is 6.54 Å². The summed E-state index contributed by atoms with van der Waals surface area (Å²) in [4.78, 5) is 3.04. The Bertz CT molecular complexity index is 806. The van der Waals surface area contributed by atoms with Crippen LogP contribution in [-0.4, -0.2) is 19.3 Å². The Hall–Kier alpha value is -1.47. The monoisotopic (exact) mass is 354 g/mol. The Kier molecular flexibility index (Phi) is 3.47. The summed E-state index contributed by atoms with van der Waals surface area (Å²) in [5.74, 6) is -0.305. The predicted octanol–water partition coefficient (Wildman–Crippen LogP) is 4.06. The van der Waals surface area contributed by atoms with E-state index in [1.54, 1.807) is 12.3 Å². The third kappa shape index (κ3) is 2.31. The molecule has 1 aromatic carbocycles. The van der Waals surface area contributed by atoms with Gasteiger partial charge in [-0.05, 0) is 47.2 Å². The number of nitrogens with one attached hydrogen (secondary N) is 1. The highest BCUT2D eigenvalue weighted by molar-refractivity contribution is 9.10. The first kappa shape index (κ1) is 13.5. The fourth-order valence-corrected chi connectivity index (χ4v) is 3.04. The minimum absolute atomic E-state index is 0.105. The quantitative estimate of drug-likeness (QED) is 0.720. The summed E-state index contributed by atoms with van der Waals surface area (Å²) in [6.07, 6.45) is 3.65. The molecule has 0 aliphatic rings. The second-order valence-corrected chi connectivity index (χ2v) is 5.90. The maximum absolute atomic E-state index is 13.6. The average molecular weight is 355 g/mol. The van der Waals surface area contributed by atoms with Crippen LogP contribution < -0.4 is 0 Å². The molecule has 0 saturated carbocycles. The Labute approximate surface area is 128 Å². The van der Waals surface area contributed by atoms with Crippen molar-refractivity contribution in [1.29, 1.82) is 0 Å². The standard InChI is InChI=1S/C13H12BrFN4S/c1-8(7-18-4-2-3-16-18)19-12-5-9(14)10(15)6-11(12)17-13(19)20/h2-6,8H,7H2,1H3,(H,17,20). The number of halogens is 2. The van der Waals surface area contributed by atoms with Gasteiger partial charge in [0.05, 0.1) is 28.1 Å². The fourth-order valence-electron chi connectivity index (χ4n) is 2.32. The topological polar surface area (TPSA) is 38.5 Å². The molecule has 0 aliphatic heterocycles. The van der Waals surface area contributed by atoms with Gasteiger partial charge >= 0.3 is 0 Å². The molecule has 1 atom stereocenters. The summed E-state index contributed by atoms with van der Waals surface area (Å²) >= 11 is 8.57. The molecule has 0 amide bonds. The van der Waals surface area contributed by atoms with Gasteiger partial charge in [0, 0.05) is 18.5 Å². The molecule has 1 unspecified atom stereocenters. The molecule has 1 N–H and O–H groups in total. The van der Waals surface area contributed by atoms with Crippen molar-refractivity contribution < 1.29 is 4.39 Å². The number of fused-ring (bicyclic) bond motifs is 1. The molecule has 7 heteroatoms. The lowest BCUT2D eigenvalue weighted by atomic mass is 10.2. The molecule has 0 spiro atoms. The van der Waals surface area contributed by atoms with E-state index in [0.717, 1.165) is 5.52 Å². The molecular weight excluding hydrogens is 343 g/mol. The number of hydrogen-bond donors (Lipinski definition) is 1. The molecule has 0 saturated heterocycles. The van der Waals surface area contributed by atoms with E-state index in [9.17, 15) is 4.39 Å². The van der Waals surface area contributed by atoms with Gasteiger partial charge in [0.15, 0.2) is 4.77 Å². The van der Waals surface area contributed by atoms with E-state index < -0.39 is 0 Å². The fraction of sp³-hybridized carbons (Fsp3) is 0.231. The molecule has 3 aromatic rings. The van der Waals surface area contributed by atoms with Crippen LogP contribution in [0, 0.1) is 10.6 Å². The highest BCUT2D eigenvalue weighted by atomic mass is 79.9. The third-order valence-electron chi connectivity index (χ3n) is 3.21. The van der Waals surface area contributed by atoms with Crippen LogP contribution in [0.1, 0.15) is 13.0 Å². The maximum Gasteiger partial charge on any atom is 0.178 e. The first-order valence-corrected chi connectivity index (χ1v) is 7.33. The number of rotatable bonds is 3. The molecule has 20 heavy (non-hydrogen) atoms. The highest BCUT2D eigenvalue weighted by Crippen LogP contribution is 2.26. The molecule has 104 valence electrons. The van der Waals surface area contributed by atoms with Crippen LogP contribution >= 0.6 is 28.1 Å². The Morgan fingerprint density at radius 3 is 3.00 bits per heavy atom. The summed E-state index contributed by atoms with van der Waals surface area (Å²) in [5.41, 5.74) is 1.57. The molecule has 2 heterocycles. The number of aromatic amines is 1. The maximum atomic E-state index is 13.6. The largest absolute Gasteiger partial charge is 0.330 e. The Morgan fingerprint density at radius 1 is 1.50 bits per heavy atom. The van der Waals surface area contributed by atoms with Gasteiger partial charge in [-0.15, -0.1) is 0 Å². The van der Waals surface area contributed by atoms with E-state index in [1.807, 2.05) is 21.5 Å². The van der Waals surface area contributed by atoms with Crippen molar-refractivity contribution in [1.82, 2.24) is 19.3 Å². The average Bonchev–Trinajstić information content (AvgIpc) is 2.97. The van der Waals surface area contributed by atoms with Crippen molar-refractivity contribution in [3.8, 4) is 0 Å². The molecule has 0 radical (unpaired) electrons. The van der Waals surface area contributed by atoms with E-state index in [1.165, 1.54) is 6.07 Å². The second-order valence-electron chi connectivity index (χ2n) is 4.66. The van der Waals surface area contributed by atoms with Crippen molar-refractivity contribution in [2.45, 2.75) is 19.5 Å². The van der Waals surface area contributed by atoms with Crippen LogP contribution in [0.5, 0.6) is 0 Å². The molecule has 0 aliphatic carbocycles. The Balaban J connectivity index is 2.08. The molecule has 2 aromatic heterocycles. The van der Waals surface area contributed by atoms with Crippen LogP contribution in [0.25, 0.3) is 11.0 Å². The van der Waals surface area contributed by atoms with Gasteiger partial charge in [0.1, 0.15) is 5.82 Å². The summed E-state index contributed by atoms with van der Waals surface area (Å²) < 4.78 is 18.4. The number of hydrogen-bond acceptors (Lipinski definition) is 2. The van der Waals surface area contributed by atoms with Gasteiger partial charge < -0.3 is 9.55 Å². The molecule has 4 nitrogen and oxygen atoms in total. The van der Waals surface area contributed by atoms with Crippen molar-refractivity contribution in [3.63, 3.8) is 0 Å². The summed E-state index contributed by atoms with van der Waals surface area (Å²) in [5, 5.41) is 4.20. The minimum Gasteiger partial charge on any atom is -0.330 e. The van der Waals surface area contributed by atoms with Gasteiger partial charge in [0.2, 0.25) is 0 Å². The molecule has 3 rings (SSSR count). The lowest BCUT2D eigenvalue weighted by Crippen LogP contribution is -2.13. The van der Waals surface area contributed by atoms with Crippen LogP contribution in [0.15, 0.2) is 35.1 Å². The summed E-state index contributed by atoms with van der Waals surface area (Å²) in [6.45, 7) is 2.76. The lowest BCUT2D eigenvalue weighted by Gasteiger charge is -2.15. The molecule has 0 bridgehead atoms. The molecule has 0 fully saturated rings. The highest BCUT2D eigenvalue weighted by Gasteiger charge is 2.14. The van der Waals surface area contributed by atoms with Crippen molar-refractivity contribution in [2.75, 3.05) is 0 Å². The van der Waals surface area contributed by atoms with E-state index >= 15 is 0 Å². The number of imidazole rings is 1. The number of benzene rings is 1. The van der Waals surface area contributed by atoms with E-state index in [-0.39, 0.29) is 11.9 Å². The zero-order valence-electron chi connectivity index (χ0n) is 10.7. The minimum atomic E-state index is -0.305. The second kappa shape index (κ2) is 5.14. The first-order chi connectivity index (χ1) is 9.56. The summed E-state index contributed by atoms with van der Waals surface area (Å²) in [7, 11) is 0. The third-order valence-corrected chi connectivity index (χ3v) is 4.12. The van der Waals surface area contributed by atoms with Crippen LogP contribution in [0.3, 0.4) is 0 Å². The first-order valence-electron chi connectivity index (χ1n) is 6.13. The molecular formula is C13H12BrFN4S. The number of nitrogens with zero attached hydrogens (tertiary/aromatic N) is 3. The number of aromatic nitrogens is 4.